The largest absolute Gasteiger partial charge is 0.297 e. The molecule has 1 N–H and O–H groups in total. The van der Waals surface area contributed by atoms with Crippen molar-refractivity contribution in [2.45, 2.75) is 37.3 Å². The maximum Gasteiger partial charge on any atom is 0.231 e. The number of carbonyl (C=O) groups excluding carboxylic acids is 1. The Bertz CT molecular complexity index is 613. The molecule has 2 aromatic heterocycles. The molecular formula is C14H17N5OS. The van der Waals surface area contributed by atoms with E-state index in [0.29, 0.717) is 18.1 Å². The molecule has 0 aromatic carbocycles. The van der Waals surface area contributed by atoms with E-state index in [1.807, 2.05) is 22.8 Å². The molecule has 3 rings (SSSR count). The first-order chi connectivity index (χ1) is 10.3. The van der Waals surface area contributed by atoms with Crippen LogP contribution in [-0.4, -0.2) is 31.4 Å². The summed E-state index contributed by atoms with van der Waals surface area (Å²) < 4.78 is 2.01. The van der Waals surface area contributed by atoms with Gasteiger partial charge in [0, 0.05) is 31.3 Å². The van der Waals surface area contributed by atoms with Crippen molar-refractivity contribution in [3.63, 3.8) is 0 Å². The van der Waals surface area contributed by atoms with E-state index in [1.54, 1.807) is 18.0 Å². The highest BCUT2D eigenvalue weighted by Crippen LogP contribution is 2.18. The second-order valence-corrected chi connectivity index (χ2v) is 5.98. The van der Waals surface area contributed by atoms with Gasteiger partial charge in [0.2, 0.25) is 11.9 Å². The van der Waals surface area contributed by atoms with Gasteiger partial charge in [0.15, 0.2) is 0 Å². The summed E-state index contributed by atoms with van der Waals surface area (Å²) in [6, 6.07) is 5.76. The highest BCUT2D eigenvalue weighted by atomic mass is 32.2. The standard InChI is InChI=1S/C14H17N5OS/c20-12(7-10-21-13-6-1-3-8-15-13)16-14-18-17-11-5-2-4-9-19(11)14/h1,3,6,8H,2,4-5,7,9-10H2,(H,16,18,20). The van der Waals surface area contributed by atoms with Crippen molar-refractivity contribution in [2.24, 2.45) is 0 Å². The van der Waals surface area contributed by atoms with Gasteiger partial charge in [0.25, 0.3) is 0 Å². The van der Waals surface area contributed by atoms with Crippen molar-refractivity contribution < 1.29 is 4.79 Å². The molecular weight excluding hydrogens is 286 g/mol. The zero-order chi connectivity index (χ0) is 14.5. The number of nitrogens with one attached hydrogen (secondary N) is 1. The van der Waals surface area contributed by atoms with Crippen LogP contribution >= 0.6 is 11.8 Å². The lowest BCUT2D eigenvalue weighted by atomic mass is 10.2. The fraction of sp³-hybridized carbons (Fsp3) is 0.429. The third kappa shape index (κ3) is 3.60. The predicted molar refractivity (Wildman–Crippen MR) is 81.2 cm³/mol. The van der Waals surface area contributed by atoms with Crippen molar-refractivity contribution >= 4 is 23.6 Å². The van der Waals surface area contributed by atoms with Crippen LogP contribution in [-0.2, 0) is 17.8 Å². The first kappa shape index (κ1) is 14.1. The molecule has 0 fully saturated rings. The third-order valence-corrected chi connectivity index (χ3v) is 4.27. The molecule has 1 aliphatic rings. The van der Waals surface area contributed by atoms with Crippen LogP contribution in [0.15, 0.2) is 29.4 Å². The topological polar surface area (TPSA) is 72.7 Å². The molecule has 0 saturated heterocycles. The fourth-order valence-corrected chi connectivity index (χ4v) is 3.08. The van der Waals surface area contributed by atoms with Gasteiger partial charge in [0.05, 0.1) is 5.03 Å². The Morgan fingerprint density at radius 3 is 3.14 bits per heavy atom. The van der Waals surface area contributed by atoms with Crippen LogP contribution in [0.4, 0.5) is 5.95 Å². The Labute approximate surface area is 127 Å². The number of pyridine rings is 1. The highest BCUT2D eigenvalue weighted by Gasteiger charge is 2.17. The van der Waals surface area contributed by atoms with E-state index in [2.05, 4.69) is 20.5 Å². The minimum absolute atomic E-state index is 0.0285. The number of anilines is 1. The molecule has 2 aromatic rings. The summed E-state index contributed by atoms with van der Waals surface area (Å²) in [6.45, 7) is 0.890. The van der Waals surface area contributed by atoms with Gasteiger partial charge in [-0.15, -0.1) is 22.0 Å². The Morgan fingerprint density at radius 2 is 2.29 bits per heavy atom. The molecule has 0 saturated carbocycles. The predicted octanol–water partition coefficient (Wildman–Crippen LogP) is 2.13. The van der Waals surface area contributed by atoms with Gasteiger partial charge in [-0.05, 0) is 25.0 Å². The Kier molecular flexibility index (Phi) is 4.49. The Balaban J connectivity index is 1.49. The molecule has 6 nitrogen and oxygen atoms in total. The van der Waals surface area contributed by atoms with Gasteiger partial charge < -0.3 is 0 Å². The number of hydrogen-bond acceptors (Lipinski definition) is 5. The lowest BCUT2D eigenvalue weighted by molar-refractivity contribution is -0.115. The average Bonchev–Trinajstić information content (AvgIpc) is 2.92. The summed E-state index contributed by atoms with van der Waals surface area (Å²) >= 11 is 1.58. The first-order valence-electron chi connectivity index (χ1n) is 7.09. The Morgan fingerprint density at radius 1 is 1.33 bits per heavy atom. The molecule has 0 unspecified atom stereocenters. The number of amides is 1. The van der Waals surface area contributed by atoms with Crippen LogP contribution in [0.5, 0.6) is 0 Å². The summed E-state index contributed by atoms with van der Waals surface area (Å²) in [7, 11) is 0. The van der Waals surface area contributed by atoms with Crippen LogP contribution in [0, 0.1) is 0 Å². The molecule has 21 heavy (non-hydrogen) atoms. The SMILES string of the molecule is O=C(CCSc1ccccn1)Nc1nnc2n1CCCC2. The second kappa shape index (κ2) is 6.71. The van der Waals surface area contributed by atoms with E-state index in [9.17, 15) is 4.79 Å². The summed E-state index contributed by atoms with van der Waals surface area (Å²) in [4.78, 5) is 16.2. The van der Waals surface area contributed by atoms with Crippen LogP contribution in [0.1, 0.15) is 25.1 Å². The summed E-state index contributed by atoms with van der Waals surface area (Å²) in [6.07, 6.45) is 5.39. The molecule has 3 heterocycles. The summed E-state index contributed by atoms with van der Waals surface area (Å²) in [5, 5.41) is 12.0. The van der Waals surface area contributed by atoms with Gasteiger partial charge in [0.1, 0.15) is 5.82 Å². The van der Waals surface area contributed by atoms with E-state index in [4.69, 9.17) is 0 Å². The number of thioether (sulfide) groups is 1. The van der Waals surface area contributed by atoms with Gasteiger partial charge >= 0.3 is 0 Å². The lowest BCUT2D eigenvalue weighted by Gasteiger charge is -2.14. The van der Waals surface area contributed by atoms with Crippen molar-refractivity contribution in [2.75, 3.05) is 11.1 Å². The molecule has 110 valence electrons. The lowest BCUT2D eigenvalue weighted by Crippen LogP contribution is -2.18. The maximum atomic E-state index is 12.0. The van der Waals surface area contributed by atoms with Crippen molar-refractivity contribution in [1.29, 1.82) is 0 Å². The first-order valence-corrected chi connectivity index (χ1v) is 8.07. The van der Waals surface area contributed by atoms with Crippen LogP contribution in [0.25, 0.3) is 0 Å². The van der Waals surface area contributed by atoms with Crippen molar-refractivity contribution in [1.82, 2.24) is 19.7 Å². The number of aromatic nitrogens is 4. The van der Waals surface area contributed by atoms with Crippen molar-refractivity contribution in [3.8, 4) is 0 Å². The van der Waals surface area contributed by atoms with E-state index in [-0.39, 0.29) is 5.91 Å². The number of nitrogens with zero attached hydrogens (tertiary/aromatic N) is 4. The van der Waals surface area contributed by atoms with E-state index >= 15 is 0 Å². The van der Waals surface area contributed by atoms with Crippen LogP contribution < -0.4 is 5.32 Å². The molecule has 0 aliphatic carbocycles. The number of carbonyl (C=O) groups is 1. The maximum absolute atomic E-state index is 12.0. The zero-order valence-corrected chi connectivity index (χ0v) is 12.5. The van der Waals surface area contributed by atoms with Crippen LogP contribution in [0.3, 0.4) is 0 Å². The molecule has 1 aliphatic heterocycles. The van der Waals surface area contributed by atoms with Crippen LogP contribution in [0.2, 0.25) is 0 Å². The number of aryl methyl sites for hydroxylation is 1. The third-order valence-electron chi connectivity index (χ3n) is 3.33. The molecule has 0 radical (unpaired) electrons. The number of rotatable bonds is 5. The highest BCUT2D eigenvalue weighted by molar-refractivity contribution is 7.99. The summed E-state index contributed by atoms with van der Waals surface area (Å²) in [5.41, 5.74) is 0. The zero-order valence-electron chi connectivity index (χ0n) is 11.7. The number of hydrogen-bond donors (Lipinski definition) is 1. The molecule has 7 heteroatoms. The van der Waals surface area contributed by atoms with E-state index in [0.717, 1.165) is 36.7 Å². The van der Waals surface area contributed by atoms with Crippen molar-refractivity contribution in [3.05, 3.63) is 30.2 Å². The van der Waals surface area contributed by atoms with Gasteiger partial charge in [-0.2, -0.15) is 0 Å². The molecule has 0 bridgehead atoms. The molecule has 1 amide bonds. The minimum atomic E-state index is -0.0285. The van der Waals surface area contributed by atoms with E-state index < -0.39 is 0 Å². The molecule has 0 spiro atoms. The fourth-order valence-electron chi connectivity index (χ4n) is 2.27. The summed E-state index contributed by atoms with van der Waals surface area (Å²) in [5.74, 6) is 2.22. The number of fused-ring (bicyclic) bond motifs is 1. The quantitative estimate of drug-likeness (QED) is 0.857. The normalized spacial score (nSPS) is 13.7. The van der Waals surface area contributed by atoms with Gasteiger partial charge in [-0.3, -0.25) is 14.7 Å². The molecule has 0 atom stereocenters. The van der Waals surface area contributed by atoms with Gasteiger partial charge in [-0.25, -0.2) is 4.98 Å². The Hall–Kier alpha value is -1.89. The second-order valence-electron chi connectivity index (χ2n) is 4.86. The minimum Gasteiger partial charge on any atom is -0.297 e. The monoisotopic (exact) mass is 303 g/mol. The smallest absolute Gasteiger partial charge is 0.231 e. The van der Waals surface area contributed by atoms with E-state index in [1.165, 1.54) is 0 Å². The average molecular weight is 303 g/mol. The van der Waals surface area contributed by atoms with Gasteiger partial charge in [-0.1, -0.05) is 6.07 Å².